The van der Waals surface area contributed by atoms with Crippen molar-refractivity contribution >= 4 is 0 Å². The van der Waals surface area contributed by atoms with Crippen molar-refractivity contribution in [3.8, 4) is 5.75 Å². The van der Waals surface area contributed by atoms with Crippen LogP contribution in [0.25, 0.3) is 0 Å². The van der Waals surface area contributed by atoms with Gasteiger partial charge in [0.2, 0.25) is 0 Å². The molecule has 0 aliphatic heterocycles. The molecule has 13 heavy (non-hydrogen) atoms. The molecule has 0 fully saturated rings. The smallest absolute Gasteiger partial charge is 0.119 e. The molecule has 1 nitrogen and oxygen atoms in total. The van der Waals surface area contributed by atoms with Crippen LogP contribution in [0.2, 0.25) is 0 Å². The first-order valence-corrected chi connectivity index (χ1v) is 4.74. The zero-order chi connectivity index (χ0) is 9.68. The number of rotatable bonds is 4. The number of hydrogen-bond acceptors (Lipinski definition) is 1. The van der Waals surface area contributed by atoms with E-state index in [1.165, 1.54) is 5.56 Å². The summed E-state index contributed by atoms with van der Waals surface area (Å²) >= 11 is 0. The van der Waals surface area contributed by atoms with Gasteiger partial charge in [-0.1, -0.05) is 32.9 Å². The Morgan fingerprint density at radius 1 is 1.38 bits per heavy atom. The molecule has 0 bridgehead atoms. The summed E-state index contributed by atoms with van der Waals surface area (Å²) < 4.78 is 5.59. The second-order valence-electron chi connectivity index (χ2n) is 3.57. The van der Waals surface area contributed by atoms with Crippen LogP contribution in [0.4, 0.5) is 0 Å². The fourth-order valence-electron chi connectivity index (χ4n) is 1.05. The number of benzene rings is 1. The first kappa shape index (κ1) is 10.1. The molecule has 0 saturated carbocycles. The minimum Gasteiger partial charge on any atom is -0.493 e. The van der Waals surface area contributed by atoms with Gasteiger partial charge in [0.25, 0.3) is 0 Å². The fraction of sp³-hybridized carbons (Fsp3) is 0.417. The van der Waals surface area contributed by atoms with Crippen molar-refractivity contribution in [2.45, 2.75) is 20.8 Å². The normalized spacial score (nSPS) is 10.5. The van der Waals surface area contributed by atoms with E-state index >= 15 is 0 Å². The van der Waals surface area contributed by atoms with E-state index in [9.17, 15) is 0 Å². The molecule has 0 atom stereocenters. The Hall–Kier alpha value is -0.980. The van der Waals surface area contributed by atoms with Crippen LogP contribution in [-0.2, 0) is 0 Å². The van der Waals surface area contributed by atoms with Crippen molar-refractivity contribution in [2.75, 3.05) is 6.61 Å². The van der Waals surface area contributed by atoms with Crippen LogP contribution < -0.4 is 4.74 Å². The van der Waals surface area contributed by atoms with Crippen molar-refractivity contribution in [1.29, 1.82) is 0 Å². The molecule has 0 aromatic heterocycles. The van der Waals surface area contributed by atoms with Crippen molar-refractivity contribution in [1.82, 2.24) is 0 Å². The van der Waals surface area contributed by atoms with Crippen LogP contribution >= 0.6 is 0 Å². The molecule has 0 amide bonds. The van der Waals surface area contributed by atoms with Crippen LogP contribution in [0.1, 0.15) is 26.3 Å². The van der Waals surface area contributed by atoms with Gasteiger partial charge < -0.3 is 4.74 Å². The van der Waals surface area contributed by atoms with Gasteiger partial charge in [0.1, 0.15) is 5.75 Å². The van der Waals surface area contributed by atoms with Gasteiger partial charge in [-0.2, -0.15) is 0 Å². The van der Waals surface area contributed by atoms with Crippen LogP contribution in [0.5, 0.6) is 5.75 Å². The average Bonchev–Trinajstić information content (AvgIpc) is 2.15. The lowest BCUT2D eigenvalue weighted by atomic mass is 10.2. The van der Waals surface area contributed by atoms with Gasteiger partial charge in [0.05, 0.1) is 6.61 Å². The minimum absolute atomic E-state index is 0.578. The van der Waals surface area contributed by atoms with Crippen molar-refractivity contribution < 1.29 is 4.74 Å². The van der Waals surface area contributed by atoms with Gasteiger partial charge in [-0.3, -0.25) is 0 Å². The van der Waals surface area contributed by atoms with E-state index in [0.29, 0.717) is 5.92 Å². The summed E-state index contributed by atoms with van der Waals surface area (Å²) in [5.74, 6) is 1.54. The summed E-state index contributed by atoms with van der Waals surface area (Å²) in [5, 5.41) is 0. The second-order valence-corrected chi connectivity index (χ2v) is 3.57. The van der Waals surface area contributed by atoms with Crippen LogP contribution in [0, 0.1) is 12.3 Å². The summed E-state index contributed by atoms with van der Waals surface area (Å²) in [6.45, 7) is 7.11. The van der Waals surface area contributed by atoms with Gasteiger partial charge in [0.15, 0.2) is 0 Å². The lowest BCUT2D eigenvalue weighted by Gasteiger charge is -2.09. The van der Waals surface area contributed by atoms with Crippen LogP contribution in [0.15, 0.2) is 24.3 Å². The zero-order valence-corrected chi connectivity index (χ0v) is 8.58. The first-order valence-electron chi connectivity index (χ1n) is 4.74. The van der Waals surface area contributed by atoms with E-state index in [0.717, 1.165) is 12.4 Å². The standard InChI is InChI=1S/C12H17O/c1-4-11-6-5-7-12(8-11)13-9-10(2)3/h4-8,10H,9H2,1-3H3. The molecule has 1 aromatic carbocycles. The Labute approximate surface area is 80.7 Å². The molecule has 0 saturated heterocycles. The third-order valence-corrected chi connectivity index (χ3v) is 1.77. The molecule has 1 rings (SSSR count). The maximum Gasteiger partial charge on any atom is 0.119 e. The Kier molecular flexibility index (Phi) is 3.81. The summed E-state index contributed by atoms with van der Waals surface area (Å²) in [4.78, 5) is 0. The van der Waals surface area contributed by atoms with Crippen LogP contribution in [-0.4, -0.2) is 6.61 Å². The molecule has 71 valence electrons. The number of hydrogen-bond donors (Lipinski definition) is 0. The summed E-state index contributed by atoms with van der Waals surface area (Å²) in [6.07, 6.45) is 2.07. The Morgan fingerprint density at radius 3 is 2.77 bits per heavy atom. The monoisotopic (exact) mass is 177 g/mol. The summed E-state index contributed by atoms with van der Waals surface area (Å²) in [5.41, 5.74) is 1.21. The lowest BCUT2D eigenvalue weighted by molar-refractivity contribution is 0.271. The number of ether oxygens (including phenoxy) is 1. The first-order chi connectivity index (χ1) is 6.22. The minimum atomic E-state index is 0.578. The largest absolute Gasteiger partial charge is 0.493 e. The van der Waals surface area contributed by atoms with Gasteiger partial charge in [-0.25, -0.2) is 0 Å². The van der Waals surface area contributed by atoms with Crippen LogP contribution in [0.3, 0.4) is 0 Å². The van der Waals surface area contributed by atoms with Crippen molar-refractivity contribution in [3.05, 3.63) is 36.2 Å². The second kappa shape index (κ2) is 4.90. The molecule has 0 unspecified atom stereocenters. The predicted molar refractivity (Wildman–Crippen MR) is 55.9 cm³/mol. The fourth-order valence-corrected chi connectivity index (χ4v) is 1.05. The van der Waals surface area contributed by atoms with Gasteiger partial charge in [0, 0.05) is 0 Å². The van der Waals surface area contributed by atoms with E-state index in [4.69, 9.17) is 4.74 Å². The summed E-state index contributed by atoms with van der Waals surface area (Å²) in [7, 11) is 0. The Bertz CT molecular complexity index is 253. The maximum atomic E-state index is 5.59. The van der Waals surface area contributed by atoms with Gasteiger partial charge >= 0.3 is 0 Å². The Morgan fingerprint density at radius 2 is 2.15 bits per heavy atom. The SMILES string of the molecule is C[CH]c1cccc(OCC(C)C)c1. The van der Waals surface area contributed by atoms with Crippen molar-refractivity contribution in [3.63, 3.8) is 0 Å². The molecule has 1 heteroatoms. The molecule has 0 heterocycles. The van der Waals surface area contributed by atoms with Gasteiger partial charge in [-0.15, -0.1) is 0 Å². The highest BCUT2D eigenvalue weighted by Crippen LogP contribution is 2.15. The molecule has 0 aliphatic carbocycles. The highest BCUT2D eigenvalue weighted by molar-refractivity contribution is 5.32. The quantitative estimate of drug-likeness (QED) is 0.685. The van der Waals surface area contributed by atoms with E-state index in [1.807, 2.05) is 19.1 Å². The topological polar surface area (TPSA) is 9.23 Å². The van der Waals surface area contributed by atoms with E-state index in [2.05, 4.69) is 32.4 Å². The van der Waals surface area contributed by atoms with Gasteiger partial charge in [-0.05, 0) is 30.0 Å². The molecular formula is C12H17O. The van der Waals surface area contributed by atoms with E-state index < -0.39 is 0 Å². The van der Waals surface area contributed by atoms with E-state index in [-0.39, 0.29) is 0 Å². The zero-order valence-electron chi connectivity index (χ0n) is 8.58. The average molecular weight is 177 g/mol. The summed E-state index contributed by atoms with van der Waals surface area (Å²) in [6, 6.07) is 8.14. The highest BCUT2D eigenvalue weighted by atomic mass is 16.5. The molecule has 0 aliphatic rings. The lowest BCUT2D eigenvalue weighted by Crippen LogP contribution is -2.04. The third-order valence-electron chi connectivity index (χ3n) is 1.77. The Balaban J connectivity index is 2.56. The predicted octanol–water partition coefficient (Wildman–Crippen LogP) is 3.29. The highest BCUT2D eigenvalue weighted by Gasteiger charge is 1.97. The molecular weight excluding hydrogens is 160 g/mol. The molecule has 1 radical (unpaired) electrons. The maximum absolute atomic E-state index is 5.59. The molecule has 1 aromatic rings. The van der Waals surface area contributed by atoms with Crippen molar-refractivity contribution in [2.24, 2.45) is 5.92 Å². The third kappa shape index (κ3) is 3.49. The van der Waals surface area contributed by atoms with E-state index in [1.54, 1.807) is 0 Å². The molecule has 0 spiro atoms. The molecule has 0 N–H and O–H groups in total.